The summed E-state index contributed by atoms with van der Waals surface area (Å²) in [5.74, 6) is 1.87. The van der Waals surface area contributed by atoms with E-state index in [9.17, 15) is 5.26 Å². The molecule has 1 aliphatic rings. The summed E-state index contributed by atoms with van der Waals surface area (Å²) in [5.41, 5.74) is 15.0. The molecule has 61 heavy (non-hydrogen) atoms. The predicted molar refractivity (Wildman–Crippen MR) is 246 cm³/mol. The van der Waals surface area contributed by atoms with Gasteiger partial charge in [-0.05, 0) is 125 Å². The van der Waals surface area contributed by atoms with Crippen LogP contribution in [0.5, 0.6) is 11.5 Å². The molecule has 0 bridgehead atoms. The fraction of sp³-hybridized carbons (Fsp3) is 0.204. The van der Waals surface area contributed by atoms with Crippen LogP contribution >= 0.6 is 0 Å². The van der Waals surface area contributed by atoms with Gasteiger partial charge in [-0.15, -0.1) is 48.1 Å². The maximum Gasteiger partial charge on any atom is 0.136 e. The molecule has 3 heterocycles. The summed E-state index contributed by atoms with van der Waals surface area (Å²) in [6.45, 7) is 22.2. The van der Waals surface area contributed by atoms with Gasteiger partial charge in [-0.2, -0.15) is 17.4 Å². The number of hydrogen-bond acceptors (Lipinski definition) is 5. The predicted octanol–water partition coefficient (Wildman–Crippen LogP) is 14.0. The van der Waals surface area contributed by atoms with E-state index in [1.807, 2.05) is 48.7 Å². The van der Waals surface area contributed by atoms with Gasteiger partial charge in [-0.25, -0.2) is 4.98 Å². The van der Waals surface area contributed by atoms with E-state index in [0.717, 1.165) is 55.9 Å². The number of para-hydroxylation sites is 2. The van der Waals surface area contributed by atoms with Crippen molar-refractivity contribution in [3.63, 3.8) is 0 Å². The molecule has 6 aromatic carbocycles. The maximum absolute atomic E-state index is 9.83. The van der Waals surface area contributed by atoms with Crippen molar-refractivity contribution in [1.29, 1.82) is 5.26 Å². The van der Waals surface area contributed by atoms with Gasteiger partial charge in [0, 0.05) is 61.3 Å². The zero-order valence-electron chi connectivity index (χ0n) is 36.1. The number of fused-ring (bicyclic) bond motifs is 4. The smallest absolute Gasteiger partial charge is 0.136 e. The molecule has 0 unspecified atom stereocenters. The number of benzene rings is 6. The first kappa shape index (κ1) is 41.6. The largest absolute Gasteiger partial charge is 0.509 e. The SMILES string of the molecule is Cc1cc(C)c(-c2ccnc(-n3c4[c-]c(Oc5[c-]c(N6[CH-]N(c7cc(C(C)(C)C)cc(C(C)(C)C)c7)c7ccccc76)ccc5)ccc4c4cc(C#N)ccc43)c2)c(C)c1.[Pt]. The van der Waals surface area contributed by atoms with Crippen molar-refractivity contribution >= 4 is 44.6 Å². The number of nitriles is 1. The number of anilines is 4. The Morgan fingerprint density at radius 1 is 0.672 bits per heavy atom. The molecule has 1 aliphatic heterocycles. The van der Waals surface area contributed by atoms with Gasteiger partial charge in [0.1, 0.15) is 5.82 Å². The number of hydrogen-bond donors (Lipinski definition) is 0. The quantitative estimate of drug-likeness (QED) is 0.155. The molecular formula is C54H48N5OPt-3. The minimum Gasteiger partial charge on any atom is -0.509 e. The van der Waals surface area contributed by atoms with Crippen molar-refractivity contribution < 1.29 is 25.8 Å². The van der Waals surface area contributed by atoms with Crippen LogP contribution in [0.4, 0.5) is 22.7 Å². The molecule has 9 rings (SSSR count). The molecule has 0 aliphatic carbocycles. The minimum absolute atomic E-state index is 0. The van der Waals surface area contributed by atoms with Crippen LogP contribution in [0.25, 0.3) is 38.8 Å². The Balaban J connectivity index is 0.00000514. The van der Waals surface area contributed by atoms with Gasteiger partial charge < -0.3 is 19.1 Å². The zero-order chi connectivity index (χ0) is 42.1. The van der Waals surface area contributed by atoms with Crippen molar-refractivity contribution in [3.8, 4) is 34.5 Å². The molecule has 0 spiro atoms. The molecule has 0 saturated heterocycles. The van der Waals surface area contributed by atoms with Crippen LogP contribution in [0.15, 0.2) is 121 Å². The third kappa shape index (κ3) is 7.73. The molecule has 2 aromatic heterocycles. The Morgan fingerprint density at radius 2 is 1.34 bits per heavy atom. The Bertz CT molecular complexity index is 2980. The molecule has 7 heteroatoms. The summed E-state index contributed by atoms with van der Waals surface area (Å²) in [4.78, 5) is 9.35. The standard InChI is InChI=1S/C54H48N5O.Pt/c1-34-23-35(2)52(36(3)24-34)38-21-22-56-51(26-38)59-47-20-17-37(32-55)25-46(47)45-19-18-44(31-50(45)59)60-43-14-12-13-41(30-43)57-33-58(49-16-11-10-15-48(49)57)42-28-39(53(4,5)6)27-40(29-42)54(7,8)9;/h10-29,33H,1-9H3;/q-3;. The molecule has 308 valence electrons. The average Bonchev–Trinajstić information content (AvgIpc) is 3.75. The first-order chi connectivity index (χ1) is 28.7. The maximum atomic E-state index is 9.83. The second-order valence-electron chi connectivity index (χ2n) is 18.1. The van der Waals surface area contributed by atoms with Gasteiger partial charge in [-0.1, -0.05) is 83.0 Å². The molecule has 0 radical (unpaired) electrons. The van der Waals surface area contributed by atoms with Crippen LogP contribution in [-0.2, 0) is 31.9 Å². The Morgan fingerprint density at radius 3 is 2.02 bits per heavy atom. The van der Waals surface area contributed by atoms with Crippen molar-refractivity contribution in [2.24, 2.45) is 0 Å². The number of nitrogens with zero attached hydrogens (tertiary/aromatic N) is 5. The van der Waals surface area contributed by atoms with E-state index < -0.39 is 0 Å². The van der Waals surface area contributed by atoms with Crippen molar-refractivity contribution in [3.05, 3.63) is 174 Å². The molecule has 0 amide bonds. The average molecular weight is 978 g/mol. The molecule has 0 saturated carbocycles. The second-order valence-corrected chi connectivity index (χ2v) is 18.1. The monoisotopic (exact) mass is 977 g/mol. The molecular weight excluding hydrogens is 930 g/mol. The first-order valence-corrected chi connectivity index (χ1v) is 20.5. The van der Waals surface area contributed by atoms with E-state index in [1.165, 1.54) is 33.4 Å². The molecule has 0 N–H and O–H groups in total. The fourth-order valence-corrected chi connectivity index (χ4v) is 8.50. The van der Waals surface area contributed by atoms with Gasteiger partial charge in [0.2, 0.25) is 0 Å². The van der Waals surface area contributed by atoms with Gasteiger partial charge >= 0.3 is 0 Å². The topological polar surface area (TPSA) is 57.3 Å². The van der Waals surface area contributed by atoms with Crippen LogP contribution in [0.3, 0.4) is 0 Å². The minimum atomic E-state index is -0.0113. The van der Waals surface area contributed by atoms with Crippen LogP contribution in [-0.4, -0.2) is 9.55 Å². The van der Waals surface area contributed by atoms with Crippen molar-refractivity contribution in [2.75, 3.05) is 9.80 Å². The molecule has 6 nitrogen and oxygen atoms in total. The van der Waals surface area contributed by atoms with Crippen molar-refractivity contribution in [1.82, 2.24) is 9.55 Å². The van der Waals surface area contributed by atoms with Crippen LogP contribution in [0.2, 0.25) is 0 Å². The van der Waals surface area contributed by atoms with E-state index in [2.05, 4.69) is 174 Å². The van der Waals surface area contributed by atoms with E-state index in [0.29, 0.717) is 17.1 Å². The summed E-state index contributed by atoms with van der Waals surface area (Å²) < 4.78 is 8.73. The van der Waals surface area contributed by atoms with Crippen molar-refractivity contribution in [2.45, 2.75) is 73.1 Å². The van der Waals surface area contributed by atoms with Crippen LogP contribution in [0.1, 0.15) is 74.9 Å². The Hall–Kier alpha value is -6.15. The first-order valence-electron chi connectivity index (χ1n) is 20.5. The molecule has 8 aromatic rings. The number of rotatable bonds is 6. The summed E-state index contributed by atoms with van der Waals surface area (Å²) in [7, 11) is 0. The number of pyridine rings is 1. The van der Waals surface area contributed by atoms with Gasteiger partial charge in [0.05, 0.1) is 11.6 Å². The van der Waals surface area contributed by atoms with E-state index in [4.69, 9.17) is 9.72 Å². The zero-order valence-corrected chi connectivity index (χ0v) is 38.4. The summed E-state index contributed by atoms with van der Waals surface area (Å²) in [6, 6.07) is 49.4. The second kappa shape index (κ2) is 15.7. The van der Waals surface area contributed by atoms with E-state index in [-0.39, 0.29) is 31.9 Å². The van der Waals surface area contributed by atoms with Crippen LogP contribution < -0.4 is 14.5 Å². The third-order valence-corrected chi connectivity index (χ3v) is 11.5. The molecule has 0 fully saturated rings. The molecule has 0 atom stereocenters. The number of aromatic nitrogens is 2. The summed E-state index contributed by atoms with van der Waals surface area (Å²) in [6.07, 6.45) is 1.87. The third-order valence-electron chi connectivity index (χ3n) is 11.5. The normalized spacial score (nSPS) is 12.7. The number of aryl methyl sites for hydroxylation is 3. The fourth-order valence-electron chi connectivity index (χ4n) is 8.50. The Labute approximate surface area is 374 Å². The summed E-state index contributed by atoms with van der Waals surface area (Å²) >= 11 is 0. The van der Waals surface area contributed by atoms with E-state index in [1.54, 1.807) is 0 Å². The van der Waals surface area contributed by atoms with E-state index >= 15 is 0 Å². The van der Waals surface area contributed by atoms with Gasteiger partial charge in [0.15, 0.2) is 0 Å². The Kier molecular flexibility index (Phi) is 10.7. The summed E-state index contributed by atoms with van der Waals surface area (Å²) in [5, 5.41) is 11.7. The van der Waals surface area contributed by atoms with Crippen LogP contribution in [0, 0.1) is 50.9 Å². The van der Waals surface area contributed by atoms with Gasteiger partial charge in [-0.3, -0.25) is 0 Å². The van der Waals surface area contributed by atoms with Gasteiger partial charge in [0.25, 0.3) is 0 Å². The number of ether oxygens (including phenoxy) is 1.